The van der Waals surface area contributed by atoms with Crippen LogP contribution in [0, 0.1) is 0 Å². The van der Waals surface area contributed by atoms with Crippen LogP contribution in [0.3, 0.4) is 0 Å². The van der Waals surface area contributed by atoms with E-state index in [0.717, 1.165) is 32.8 Å². The second-order valence-electron chi connectivity index (χ2n) is 6.93. The van der Waals surface area contributed by atoms with Gasteiger partial charge in [0.15, 0.2) is 0 Å². The van der Waals surface area contributed by atoms with E-state index in [0.29, 0.717) is 0 Å². The maximum atomic E-state index is 6.14. The molecule has 0 spiro atoms. The summed E-state index contributed by atoms with van der Waals surface area (Å²) in [6.45, 7) is 7.57. The topological polar surface area (TPSA) is 28.6 Å². The van der Waals surface area contributed by atoms with Crippen molar-refractivity contribution in [2.45, 2.75) is 31.1 Å². The van der Waals surface area contributed by atoms with Gasteiger partial charge in [0, 0.05) is 24.4 Å². The highest BCUT2D eigenvalue weighted by Gasteiger charge is 2.36. The molecule has 4 nitrogen and oxygen atoms in total. The Labute approximate surface area is 134 Å². The average Bonchev–Trinajstić information content (AvgIpc) is 3.08. The van der Waals surface area contributed by atoms with Gasteiger partial charge in [0.25, 0.3) is 0 Å². The predicted molar refractivity (Wildman–Crippen MR) is 89.1 cm³/mol. The van der Waals surface area contributed by atoms with Crippen LogP contribution in [0.2, 0.25) is 0 Å². The van der Waals surface area contributed by atoms with E-state index in [4.69, 9.17) is 4.74 Å². The lowest BCUT2D eigenvalue weighted by Gasteiger charge is -2.40. The summed E-state index contributed by atoms with van der Waals surface area (Å²) >= 11 is 0. The van der Waals surface area contributed by atoms with Crippen LogP contribution in [-0.2, 0) is 10.2 Å². The minimum absolute atomic E-state index is 0.159. The third-order valence-electron chi connectivity index (χ3n) is 5.35. The third kappa shape index (κ3) is 3.86. The molecule has 0 aromatic carbocycles. The van der Waals surface area contributed by atoms with E-state index < -0.39 is 0 Å². The van der Waals surface area contributed by atoms with Gasteiger partial charge in [-0.25, -0.2) is 0 Å². The Morgan fingerprint density at radius 2 is 1.95 bits per heavy atom. The lowest BCUT2D eigenvalue weighted by atomic mass is 9.74. The number of likely N-dealkylation sites (tertiary alicyclic amines) is 2. The molecule has 0 aliphatic carbocycles. The van der Waals surface area contributed by atoms with E-state index in [1.54, 1.807) is 0 Å². The Morgan fingerprint density at radius 1 is 1.18 bits per heavy atom. The lowest BCUT2D eigenvalue weighted by Crippen LogP contribution is -2.44. The van der Waals surface area contributed by atoms with Crippen molar-refractivity contribution in [1.29, 1.82) is 0 Å². The van der Waals surface area contributed by atoms with Crippen LogP contribution in [0.5, 0.6) is 0 Å². The van der Waals surface area contributed by atoms with E-state index in [1.807, 2.05) is 12.4 Å². The fourth-order valence-electron chi connectivity index (χ4n) is 3.71. The molecule has 4 heteroatoms. The fraction of sp³-hybridized carbons (Fsp3) is 0.722. The number of piperidine rings is 1. The molecule has 2 saturated heterocycles. The standard InChI is InChI=1S/C18H29N3O/c1-20-11-6-18(7-12-20,17-5-4-8-19-15-17)16-22-14-13-21-9-2-3-10-21/h4-5,8,15H,2-3,6-7,9-14,16H2,1H3. The van der Waals surface area contributed by atoms with Gasteiger partial charge in [-0.2, -0.15) is 0 Å². The van der Waals surface area contributed by atoms with E-state index in [1.165, 1.54) is 44.3 Å². The fourth-order valence-corrected chi connectivity index (χ4v) is 3.71. The van der Waals surface area contributed by atoms with Gasteiger partial charge in [0.05, 0.1) is 13.2 Å². The van der Waals surface area contributed by atoms with Crippen LogP contribution >= 0.6 is 0 Å². The van der Waals surface area contributed by atoms with Crippen molar-refractivity contribution in [3.8, 4) is 0 Å². The Bertz CT molecular complexity index is 437. The van der Waals surface area contributed by atoms with Crippen LogP contribution in [0.25, 0.3) is 0 Å². The summed E-state index contributed by atoms with van der Waals surface area (Å²) in [4.78, 5) is 9.27. The second-order valence-corrected chi connectivity index (χ2v) is 6.93. The van der Waals surface area contributed by atoms with E-state index in [2.05, 4.69) is 34.0 Å². The highest BCUT2D eigenvalue weighted by Crippen LogP contribution is 2.35. The van der Waals surface area contributed by atoms with Crippen molar-refractivity contribution >= 4 is 0 Å². The Balaban J connectivity index is 1.57. The highest BCUT2D eigenvalue weighted by molar-refractivity contribution is 5.23. The lowest BCUT2D eigenvalue weighted by molar-refractivity contribution is 0.0408. The molecule has 3 rings (SSSR count). The number of nitrogens with zero attached hydrogens (tertiary/aromatic N) is 3. The molecule has 0 amide bonds. The maximum absolute atomic E-state index is 6.14. The summed E-state index contributed by atoms with van der Waals surface area (Å²) in [5.41, 5.74) is 1.51. The van der Waals surface area contributed by atoms with Crippen molar-refractivity contribution < 1.29 is 4.74 Å². The van der Waals surface area contributed by atoms with Crippen LogP contribution in [0.4, 0.5) is 0 Å². The Morgan fingerprint density at radius 3 is 2.64 bits per heavy atom. The van der Waals surface area contributed by atoms with Gasteiger partial charge in [-0.05, 0) is 70.5 Å². The first-order chi connectivity index (χ1) is 10.8. The number of ether oxygens (including phenoxy) is 1. The molecule has 1 aromatic rings. The molecule has 0 N–H and O–H groups in total. The number of rotatable bonds is 6. The number of aromatic nitrogens is 1. The Kier molecular flexibility index (Phi) is 5.45. The van der Waals surface area contributed by atoms with Gasteiger partial charge in [0.1, 0.15) is 0 Å². The van der Waals surface area contributed by atoms with Gasteiger partial charge in [0.2, 0.25) is 0 Å². The number of hydrogen-bond acceptors (Lipinski definition) is 4. The van der Waals surface area contributed by atoms with Gasteiger partial charge in [-0.15, -0.1) is 0 Å². The smallest absolute Gasteiger partial charge is 0.0593 e. The summed E-state index contributed by atoms with van der Waals surface area (Å²) in [7, 11) is 2.21. The maximum Gasteiger partial charge on any atom is 0.0593 e. The quantitative estimate of drug-likeness (QED) is 0.753. The number of hydrogen-bond donors (Lipinski definition) is 0. The molecule has 0 saturated carbocycles. The van der Waals surface area contributed by atoms with E-state index >= 15 is 0 Å². The van der Waals surface area contributed by atoms with E-state index in [-0.39, 0.29) is 5.41 Å². The molecule has 22 heavy (non-hydrogen) atoms. The van der Waals surface area contributed by atoms with Crippen molar-refractivity contribution in [1.82, 2.24) is 14.8 Å². The van der Waals surface area contributed by atoms with Crippen molar-refractivity contribution in [2.75, 3.05) is 53.0 Å². The second kappa shape index (κ2) is 7.53. The molecule has 2 aliphatic heterocycles. The summed E-state index contributed by atoms with van der Waals surface area (Å²) in [5, 5.41) is 0. The molecule has 3 heterocycles. The molecule has 0 radical (unpaired) electrons. The molecule has 2 fully saturated rings. The largest absolute Gasteiger partial charge is 0.379 e. The molecule has 0 unspecified atom stereocenters. The van der Waals surface area contributed by atoms with Crippen LogP contribution in [0.1, 0.15) is 31.2 Å². The molecule has 2 aliphatic rings. The highest BCUT2D eigenvalue weighted by atomic mass is 16.5. The summed E-state index contributed by atoms with van der Waals surface area (Å²) < 4.78 is 6.14. The number of pyridine rings is 1. The van der Waals surface area contributed by atoms with Gasteiger partial charge >= 0.3 is 0 Å². The summed E-state index contributed by atoms with van der Waals surface area (Å²) in [6, 6.07) is 4.28. The first-order valence-electron chi connectivity index (χ1n) is 8.68. The van der Waals surface area contributed by atoms with Gasteiger partial charge < -0.3 is 14.5 Å². The average molecular weight is 303 g/mol. The molecular formula is C18H29N3O. The van der Waals surface area contributed by atoms with Gasteiger partial charge in [-0.3, -0.25) is 4.98 Å². The van der Waals surface area contributed by atoms with Crippen LogP contribution < -0.4 is 0 Å². The molecule has 1 aromatic heterocycles. The summed E-state index contributed by atoms with van der Waals surface area (Å²) in [6.07, 6.45) is 8.94. The minimum Gasteiger partial charge on any atom is -0.379 e. The normalized spacial score (nSPS) is 23.0. The SMILES string of the molecule is CN1CCC(COCCN2CCCC2)(c2cccnc2)CC1. The zero-order valence-corrected chi connectivity index (χ0v) is 13.8. The zero-order valence-electron chi connectivity index (χ0n) is 13.8. The van der Waals surface area contributed by atoms with Crippen molar-refractivity contribution in [2.24, 2.45) is 0 Å². The molecule has 0 bridgehead atoms. The molecule has 0 atom stereocenters. The van der Waals surface area contributed by atoms with Crippen LogP contribution in [0.15, 0.2) is 24.5 Å². The third-order valence-corrected chi connectivity index (χ3v) is 5.35. The first-order valence-corrected chi connectivity index (χ1v) is 8.68. The predicted octanol–water partition coefficient (Wildman–Crippen LogP) is 2.16. The zero-order chi connectivity index (χ0) is 15.3. The van der Waals surface area contributed by atoms with Crippen molar-refractivity contribution in [3.63, 3.8) is 0 Å². The Hall–Kier alpha value is -0.970. The van der Waals surface area contributed by atoms with Gasteiger partial charge in [-0.1, -0.05) is 6.07 Å². The first kappa shape index (κ1) is 15.9. The molecular weight excluding hydrogens is 274 g/mol. The van der Waals surface area contributed by atoms with E-state index in [9.17, 15) is 0 Å². The van der Waals surface area contributed by atoms with Crippen molar-refractivity contribution in [3.05, 3.63) is 30.1 Å². The van der Waals surface area contributed by atoms with Crippen LogP contribution in [-0.4, -0.2) is 67.8 Å². The molecule has 122 valence electrons. The monoisotopic (exact) mass is 303 g/mol. The minimum atomic E-state index is 0.159. The summed E-state index contributed by atoms with van der Waals surface area (Å²) in [5.74, 6) is 0.